The molecule has 1 atom stereocenters. The van der Waals surface area contributed by atoms with Crippen LogP contribution in [0.25, 0.3) is 0 Å². The Bertz CT molecular complexity index is 940. The first-order valence-electron chi connectivity index (χ1n) is 9.58. The molecule has 1 unspecified atom stereocenters. The third kappa shape index (κ3) is 3.59. The normalized spacial score (nSPS) is 18.5. The zero-order chi connectivity index (χ0) is 19.7. The van der Waals surface area contributed by atoms with Gasteiger partial charge in [-0.05, 0) is 37.5 Å². The number of ketones is 1. The van der Waals surface area contributed by atoms with Crippen LogP contribution >= 0.6 is 27.7 Å². The fraction of sp³-hybridized carbons (Fsp3) is 0.450. The lowest BCUT2D eigenvalue weighted by atomic mass is 9.85. The van der Waals surface area contributed by atoms with Crippen LogP contribution < -0.4 is 10.1 Å². The molecule has 4 rings (SSSR count). The number of Topliss-reactive ketones (excluding diaryl/α,β-unsaturated/α-hetero) is 1. The lowest BCUT2D eigenvalue weighted by molar-refractivity contribution is -0.116. The van der Waals surface area contributed by atoms with E-state index in [4.69, 9.17) is 14.8 Å². The zero-order valence-electron chi connectivity index (χ0n) is 16.0. The van der Waals surface area contributed by atoms with E-state index >= 15 is 0 Å². The number of thioether (sulfide) groups is 1. The molecule has 8 heteroatoms. The van der Waals surface area contributed by atoms with Gasteiger partial charge in [-0.1, -0.05) is 41.0 Å². The molecule has 2 aromatic rings. The number of hydrogen-bond acceptors (Lipinski definition) is 6. The van der Waals surface area contributed by atoms with Crippen LogP contribution in [0, 0.1) is 0 Å². The van der Waals surface area contributed by atoms with Gasteiger partial charge in [0.05, 0.1) is 7.11 Å². The van der Waals surface area contributed by atoms with Crippen molar-refractivity contribution < 1.29 is 9.53 Å². The van der Waals surface area contributed by atoms with Crippen LogP contribution in [0.4, 0.5) is 5.95 Å². The molecule has 0 saturated carbocycles. The monoisotopic (exact) mass is 462 g/mol. The van der Waals surface area contributed by atoms with Gasteiger partial charge in [0, 0.05) is 33.5 Å². The summed E-state index contributed by atoms with van der Waals surface area (Å²) in [6, 6.07) is 5.54. The average molecular weight is 463 g/mol. The molecule has 2 aliphatic rings. The van der Waals surface area contributed by atoms with Gasteiger partial charge in [-0.2, -0.15) is 4.98 Å². The van der Waals surface area contributed by atoms with E-state index in [1.54, 1.807) is 18.9 Å². The first kappa shape index (κ1) is 19.5. The minimum atomic E-state index is -0.334. The Labute approximate surface area is 177 Å². The summed E-state index contributed by atoms with van der Waals surface area (Å²) >= 11 is 5.22. The van der Waals surface area contributed by atoms with Gasteiger partial charge >= 0.3 is 0 Å². The number of carbonyl (C=O) groups is 1. The lowest BCUT2D eigenvalue weighted by Crippen LogP contribution is -2.31. The Morgan fingerprint density at radius 2 is 2.25 bits per heavy atom. The minimum absolute atomic E-state index is 0.169. The van der Waals surface area contributed by atoms with Crippen molar-refractivity contribution in [1.29, 1.82) is 0 Å². The molecule has 6 nitrogen and oxygen atoms in total. The molecule has 1 aromatic heterocycles. The number of aromatic nitrogens is 3. The van der Waals surface area contributed by atoms with Crippen LogP contribution in [0.3, 0.4) is 0 Å². The molecule has 1 aromatic carbocycles. The Morgan fingerprint density at radius 3 is 3.04 bits per heavy atom. The number of nitrogens with one attached hydrogen (secondary N) is 1. The molecule has 0 radical (unpaired) electrons. The van der Waals surface area contributed by atoms with Gasteiger partial charge in [0.1, 0.15) is 11.8 Å². The van der Waals surface area contributed by atoms with E-state index in [1.165, 1.54) is 0 Å². The first-order valence-corrected chi connectivity index (χ1v) is 11.4. The number of hydrogen-bond donors (Lipinski definition) is 1. The Hall–Kier alpha value is -1.80. The SMILES string of the molecule is CCCCSc1nc2n(n1)C(c1cc(Br)ccc1OC)C1=C(CCCC1=O)N2. The number of unbranched alkanes of at least 4 members (excludes halogenated alkanes) is 1. The van der Waals surface area contributed by atoms with Crippen LogP contribution in [0.2, 0.25) is 0 Å². The molecule has 148 valence electrons. The summed E-state index contributed by atoms with van der Waals surface area (Å²) in [5.41, 5.74) is 2.66. The largest absolute Gasteiger partial charge is 0.496 e. The van der Waals surface area contributed by atoms with Crippen LogP contribution in [0.5, 0.6) is 5.75 Å². The van der Waals surface area contributed by atoms with Crippen molar-refractivity contribution in [3.05, 3.63) is 39.5 Å². The van der Waals surface area contributed by atoms with E-state index in [0.29, 0.717) is 12.4 Å². The molecule has 0 spiro atoms. The maximum atomic E-state index is 12.9. The highest BCUT2D eigenvalue weighted by molar-refractivity contribution is 9.10. The van der Waals surface area contributed by atoms with E-state index in [0.717, 1.165) is 63.6 Å². The van der Waals surface area contributed by atoms with Crippen LogP contribution in [-0.4, -0.2) is 33.4 Å². The maximum Gasteiger partial charge on any atom is 0.227 e. The summed E-state index contributed by atoms with van der Waals surface area (Å²) < 4.78 is 8.41. The number of nitrogens with zero attached hydrogens (tertiary/aromatic N) is 3. The number of rotatable bonds is 6. The second-order valence-corrected chi connectivity index (χ2v) is 8.93. The molecular formula is C20H23BrN4O2S. The number of carbonyl (C=O) groups excluding carboxylic acids is 1. The molecule has 1 aliphatic carbocycles. The lowest BCUT2D eigenvalue weighted by Gasteiger charge is -2.32. The van der Waals surface area contributed by atoms with E-state index in [1.807, 2.05) is 22.9 Å². The fourth-order valence-corrected chi connectivity index (χ4v) is 5.00. The van der Waals surface area contributed by atoms with Gasteiger partial charge in [0.2, 0.25) is 11.1 Å². The Balaban J connectivity index is 1.83. The van der Waals surface area contributed by atoms with E-state index < -0.39 is 0 Å². The zero-order valence-corrected chi connectivity index (χ0v) is 18.4. The summed E-state index contributed by atoms with van der Waals surface area (Å²) in [7, 11) is 1.65. The summed E-state index contributed by atoms with van der Waals surface area (Å²) in [4.78, 5) is 17.6. The van der Waals surface area contributed by atoms with Crippen LogP contribution in [0.1, 0.15) is 50.6 Å². The molecule has 0 fully saturated rings. The molecule has 28 heavy (non-hydrogen) atoms. The molecule has 1 aliphatic heterocycles. The predicted octanol–water partition coefficient (Wildman–Crippen LogP) is 4.96. The Morgan fingerprint density at radius 1 is 1.39 bits per heavy atom. The number of allylic oxidation sites excluding steroid dienone is 2. The van der Waals surface area contributed by atoms with Gasteiger partial charge in [-0.3, -0.25) is 4.79 Å². The summed E-state index contributed by atoms with van der Waals surface area (Å²) in [6.07, 6.45) is 4.53. The van der Waals surface area contributed by atoms with Crippen molar-refractivity contribution in [2.75, 3.05) is 18.2 Å². The maximum absolute atomic E-state index is 12.9. The van der Waals surface area contributed by atoms with Crippen molar-refractivity contribution in [3.63, 3.8) is 0 Å². The first-order chi connectivity index (χ1) is 13.6. The average Bonchev–Trinajstić information content (AvgIpc) is 3.09. The molecule has 2 heterocycles. The van der Waals surface area contributed by atoms with Gasteiger partial charge in [-0.25, -0.2) is 4.68 Å². The van der Waals surface area contributed by atoms with Crippen LogP contribution in [-0.2, 0) is 4.79 Å². The van der Waals surface area contributed by atoms with Gasteiger partial charge in [0.25, 0.3) is 0 Å². The standard InChI is InChI=1S/C20H23BrN4O2S/c1-3-4-10-28-20-23-19-22-14-6-5-7-15(26)17(14)18(25(19)24-20)13-11-12(21)8-9-16(13)27-2/h8-9,11,18H,3-7,10H2,1-2H3,(H,22,23,24). The highest BCUT2D eigenvalue weighted by Gasteiger charge is 2.38. The van der Waals surface area contributed by atoms with Gasteiger partial charge in [-0.15, -0.1) is 5.10 Å². The number of methoxy groups -OCH3 is 1. The van der Waals surface area contributed by atoms with Crippen molar-refractivity contribution in [1.82, 2.24) is 14.8 Å². The molecule has 0 saturated heterocycles. The second-order valence-electron chi connectivity index (χ2n) is 6.95. The number of benzene rings is 1. The topological polar surface area (TPSA) is 69.0 Å². The fourth-order valence-electron chi connectivity index (χ4n) is 3.71. The highest BCUT2D eigenvalue weighted by atomic mass is 79.9. The quantitative estimate of drug-likeness (QED) is 0.482. The van der Waals surface area contributed by atoms with E-state index in [-0.39, 0.29) is 11.8 Å². The number of ether oxygens (including phenoxy) is 1. The van der Waals surface area contributed by atoms with Crippen molar-refractivity contribution in [2.24, 2.45) is 0 Å². The molecular weight excluding hydrogens is 440 g/mol. The summed E-state index contributed by atoms with van der Waals surface area (Å²) in [5, 5.41) is 8.87. The van der Waals surface area contributed by atoms with Crippen molar-refractivity contribution in [2.45, 2.75) is 50.2 Å². The Kier molecular flexibility index (Phi) is 5.78. The second kappa shape index (κ2) is 8.29. The van der Waals surface area contributed by atoms with Crippen molar-refractivity contribution >= 4 is 39.4 Å². The smallest absolute Gasteiger partial charge is 0.227 e. The highest BCUT2D eigenvalue weighted by Crippen LogP contribution is 2.43. The summed E-state index contributed by atoms with van der Waals surface area (Å²) in [6.45, 7) is 2.17. The number of anilines is 1. The third-order valence-corrected chi connectivity index (χ3v) is 6.48. The van der Waals surface area contributed by atoms with Crippen molar-refractivity contribution in [3.8, 4) is 5.75 Å². The van der Waals surface area contributed by atoms with E-state index in [2.05, 4.69) is 28.2 Å². The summed E-state index contributed by atoms with van der Waals surface area (Å²) in [5.74, 6) is 2.58. The van der Waals surface area contributed by atoms with Gasteiger partial charge in [0.15, 0.2) is 5.78 Å². The third-order valence-electron chi connectivity index (χ3n) is 5.06. The molecule has 1 N–H and O–H groups in total. The number of fused-ring (bicyclic) bond motifs is 1. The van der Waals surface area contributed by atoms with E-state index in [9.17, 15) is 4.79 Å². The molecule has 0 bridgehead atoms. The number of halogens is 1. The molecule has 0 amide bonds. The van der Waals surface area contributed by atoms with Gasteiger partial charge < -0.3 is 10.1 Å². The minimum Gasteiger partial charge on any atom is -0.496 e. The predicted molar refractivity (Wildman–Crippen MR) is 114 cm³/mol. The van der Waals surface area contributed by atoms with Crippen LogP contribution in [0.15, 0.2) is 39.1 Å².